The Hall–Kier alpha value is -2.56. The van der Waals surface area contributed by atoms with Crippen molar-refractivity contribution in [2.75, 3.05) is 26.4 Å². The molecule has 0 fully saturated rings. The van der Waals surface area contributed by atoms with Crippen LogP contribution in [0.4, 0.5) is 0 Å². The maximum Gasteiger partial charge on any atom is 0.472 e. The number of aliphatic hydroxyl groups is 1. The molecule has 384 valence electrons. The van der Waals surface area contributed by atoms with Crippen molar-refractivity contribution in [2.45, 2.75) is 251 Å². The Labute approximate surface area is 403 Å². The number of rotatable bonds is 49. The smallest absolute Gasteiger partial charge is 0.462 e. The van der Waals surface area contributed by atoms with E-state index in [-0.39, 0.29) is 25.9 Å². The first-order valence-corrected chi connectivity index (χ1v) is 28.0. The summed E-state index contributed by atoms with van der Waals surface area (Å²) in [7, 11) is -4.74. The van der Waals surface area contributed by atoms with Crippen molar-refractivity contribution in [1.82, 2.24) is 0 Å². The van der Waals surface area contributed by atoms with Crippen LogP contribution in [0.15, 0.2) is 48.6 Å². The van der Waals surface area contributed by atoms with E-state index in [0.717, 1.165) is 122 Å². The number of esters is 3. The Morgan fingerprint density at radius 2 is 0.758 bits per heavy atom. The first kappa shape index (κ1) is 63.4. The molecule has 0 aromatic heterocycles. The summed E-state index contributed by atoms with van der Waals surface area (Å²) in [5, 5.41) is 9.77. The molecular formula is C54H97O11P. The Bertz CT molecular complexity index is 1300. The third kappa shape index (κ3) is 46.5. The lowest BCUT2D eigenvalue weighted by Crippen LogP contribution is -2.30. The van der Waals surface area contributed by atoms with Gasteiger partial charge in [-0.1, -0.05) is 172 Å². The first-order chi connectivity index (χ1) is 32.2. The lowest BCUT2D eigenvalue weighted by atomic mass is 10.1. The van der Waals surface area contributed by atoms with E-state index in [1.165, 1.54) is 57.8 Å². The number of hydrogen-bond acceptors (Lipinski definition) is 10. The number of allylic oxidation sites excluding steroid dienone is 8. The molecular weight excluding hydrogens is 856 g/mol. The summed E-state index contributed by atoms with van der Waals surface area (Å²) >= 11 is 0. The minimum Gasteiger partial charge on any atom is -0.462 e. The molecule has 0 radical (unpaired) electrons. The fourth-order valence-electron chi connectivity index (χ4n) is 7.07. The summed E-state index contributed by atoms with van der Waals surface area (Å²) in [5.74, 6) is -1.50. The number of hydrogen-bond donors (Lipinski definition) is 2. The largest absolute Gasteiger partial charge is 0.472 e. The highest BCUT2D eigenvalue weighted by molar-refractivity contribution is 7.47. The third-order valence-corrected chi connectivity index (χ3v) is 12.1. The first-order valence-electron chi connectivity index (χ1n) is 26.5. The van der Waals surface area contributed by atoms with Gasteiger partial charge in [0.1, 0.15) is 12.7 Å². The summed E-state index contributed by atoms with van der Waals surface area (Å²) in [4.78, 5) is 48.3. The van der Waals surface area contributed by atoms with Crippen LogP contribution in [0.1, 0.15) is 239 Å². The molecule has 0 saturated heterocycles. The summed E-state index contributed by atoms with van der Waals surface area (Å²) in [6.07, 6.45) is 49.3. The molecule has 66 heavy (non-hydrogen) atoms. The molecule has 0 spiro atoms. The summed E-state index contributed by atoms with van der Waals surface area (Å²) in [6.45, 7) is 4.52. The molecule has 0 rings (SSSR count). The second kappa shape index (κ2) is 48.9. The SMILES string of the molecule is CCCC/C=C\CCCCCCCC(=O)OCC(COP(=O)(O)OCC(CO)OC(=O)CCCCCCC/C=C\CCCCCC)OC(=O)CCCCCCC/C=C\C/C=C\CCCCC. The van der Waals surface area contributed by atoms with Gasteiger partial charge in [-0.25, -0.2) is 4.57 Å². The fraction of sp³-hybridized carbons (Fsp3) is 0.796. The van der Waals surface area contributed by atoms with Crippen LogP contribution < -0.4 is 0 Å². The number of carbonyl (C=O) groups is 3. The molecule has 11 nitrogen and oxygen atoms in total. The average molecular weight is 953 g/mol. The molecule has 0 saturated carbocycles. The van der Waals surface area contributed by atoms with Crippen LogP contribution in [0.3, 0.4) is 0 Å². The molecule has 2 N–H and O–H groups in total. The van der Waals surface area contributed by atoms with Gasteiger partial charge >= 0.3 is 25.7 Å². The molecule has 3 atom stereocenters. The van der Waals surface area contributed by atoms with Gasteiger partial charge in [-0.15, -0.1) is 0 Å². The van der Waals surface area contributed by atoms with Crippen molar-refractivity contribution in [3.8, 4) is 0 Å². The van der Waals surface area contributed by atoms with E-state index in [4.69, 9.17) is 23.3 Å². The predicted octanol–water partition coefficient (Wildman–Crippen LogP) is 15.0. The summed E-state index contributed by atoms with van der Waals surface area (Å²) in [5.41, 5.74) is 0. The molecule has 12 heteroatoms. The number of aliphatic hydroxyl groups excluding tert-OH is 1. The van der Waals surface area contributed by atoms with Crippen molar-refractivity contribution in [1.29, 1.82) is 0 Å². The Morgan fingerprint density at radius 1 is 0.424 bits per heavy atom. The van der Waals surface area contributed by atoms with Crippen LogP contribution in [0.5, 0.6) is 0 Å². The molecule has 0 heterocycles. The quantitative estimate of drug-likeness (QED) is 0.0197. The van der Waals surface area contributed by atoms with E-state index in [2.05, 4.69) is 69.4 Å². The lowest BCUT2D eigenvalue weighted by Gasteiger charge is -2.21. The van der Waals surface area contributed by atoms with E-state index >= 15 is 0 Å². The van der Waals surface area contributed by atoms with Gasteiger partial charge in [0.05, 0.1) is 19.8 Å². The normalized spacial score (nSPS) is 13.8. The van der Waals surface area contributed by atoms with Crippen molar-refractivity contribution in [3.63, 3.8) is 0 Å². The zero-order chi connectivity index (χ0) is 48.4. The van der Waals surface area contributed by atoms with Crippen LogP contribution in [-0.2, 0) is 42.2 Å². The standard InChI is InChI=1S/C54H97O11P/c1-4-7-10-13-16-19-22-24-25-27-30-33-36-39-42-45-54(58)65-51(47-61-52(56)43-40-37-34-31-28-21-18-15-12-9-6-3)49-63-66(59,60)62-48-50(46-55)64-53(57)44-41-38-35-32-29-26-23-20-17-14-11-8-5-2/h15-16,18-20,23-25,50-51,55H,4-14,17,21-22,26-49H2,1-3H3,(H,59,60)/b18-15-,19-16-,23-20-,25-24-. The zero-order valence-electron chi connectivity index (χ0n) is 42.2. The number of phosphoric acid groups is 1. The number of ether oxygens (including phenoxy) is 3. The minimum atomic E-state index is -4.74. The zero-order valence-corrected chi connectivity index (χ0v) is 43.1. The van der Waals surface area contributed by atoms with Gasteiger partial charge in [0.2, 0.25) is 0 Å². The molecule has 0 amide bonds. The van der Waals surface area contributed by atoms with Crippen LogP contribution in [0.2, 0.25) is 0 Å². The van der Waals surface area contributed by atoms with Crippen LogP contribution in [-0.4, -0.2) is 66.5 Å². The van der Waals surface area contributed by atoms with Gasteiger partial charge in [-0.2, -0.15) is 0 Å². The van der Waals surface area contributed by atoms with E-state index in [1.807, 2.05) is 0 Å². The highest BCUT2D eigenvalue weighted by atomic mass is 31.2. The van der Waals surface area contributed by atoms with E-state index < -0.39 is 57.8 Å². The predicted molar refractivity (Wildman–Crippen MR) is 270 cm³/mol. The number of carbonyl (C=O) groups excluding carboxylic acids is 3. The Balaban J connectivity index is 4.75. The molecule has 0 bridgehead atoms. The summed E-state index contributed by atoms with van der Waals surface area (Å²) < 4.78 is 39.3. The van der Waals surface area contributed by atoms with Crippen molar-refractivity contribution < 1.29 is 52.2 Å². The lowest BCUT2D eigenvalue weighted by molar-refractivity contribution is -0.161. The molecule has 0 aliphatic rings. The van der Waals surface area contributed by atoms with Crippen LogP contribution in [0.25, 0.3) is 0 Å². The van der Waals surface area contributed by atoms with Crippen molar-refractivity contribution in [3.05, 3.63) is 48.6 Å². The monoisotopic (exact) mass is 953 g/mol. The maximum atomic E-state index is 12.8. The van der Waals surface area contributed by atoms with E-state index in [0.29, 0.717) is 19.3 Å². The highest BCUT2D eigenvalue weighted by Gasteiger charge is 2.28. The maximum absolute atomic E-state index is 12.8. The van der Waals surface area contributed by atoms with Gasteiger partial charge in [0.25, 0.3) is 0 Å². The van der Waals surface area contributed by atoms with Gasteiger partial charge in [-0.05, 0) is 96.3 Å². The van der Waals surface area contributed by atoms with Gasteiger partial charge in [-0.3, -0.25) is 23.4 Å². The molecule has 0 aliphatic heterocycles. The van der Waals surface area contributed by atoms with Crippen molar-refractivity contribution >= 4 is 25.7 Å². The van der Waals surface area contributed by atoms with Gasteiger partial charge in [0.15, 0.2) is 6.10 Å². The highest BCUT2D eigenvalue weighted by Crippen LogP contribution is 2.43. The third-order valence-electron chi connectivity index (χ3n) is 11.2. The molecule has 0 aromatic carbocycles. The van der Waals surface area contributed by atoms with E-state index in [1.54, 1.807) is 0 Å². The molecule has 0 aromatic rings. The average Bonchev–Trinajstić information content (AvgIpc) is 3.30. The second-order valence-electron chi connectivity index (χ2n) is 17.7. The molecule has 3 unspecified atom stereocenters. The topological polar surface area (TPSA) is 155 Å². The van der Waals surface area contributed by atoms with Gasteiger partial charge < -0.3 is 24.2 Å². The van der Waals surface area contributed by atoms with E-state index in [9.17, 15) is 28.9 Å². The number of unbranched alkanes of at least 4 members (excludes halogenated alkanes) is 24. The second-order valence-corrected chi connectivity index (χ2v) is 19.1. The Kier molecular flexibility index (Phi) is 47.0. The number of phosphoric ester groups is 1. The van der Waals surface area contributed by atoms with Gasteiger partial charge in [0, 0.05) is 19.3 Å². The Morgan fingerprint density at radius 3 is 1.21 bits per heavy atom. The fourth-order valence-corrected chi connectivity index (χ4v) is 7.85. The van der Waals surface area contributed by atoms with Crippen LogP contribution >= 0.6 is 7.82 Å². The van der Waals surface area contributed by atoms with Crippen molar-refractivity contribution in [2.24, 2.45) is 0 Å². The summed E-state index contributed by atoms with van der Waals surface area (Å²) in [6, 6.07) is 0. The van der Waals surface area contributed by atoms with Crippen LogP contribution in [0, 0.1) is 0 Å². The minimum absolute atomic E-state index is 0.150. The molecule has 0 aliphatic carbocycles.